The molecule has 0 radical (unpaired) electrons. The SMILES string of the molecule is CCOC(=O)c1ccc(N2C(=O)C3Sc4[nH]c(=O)sc4C(c4cccs4)C3C2=O)cc1. The summed E-state index contributed by atoms with van der Waals surface area (Å²) in [6.45, 7) is 1.99. The highest BCUT2D eigenvalue weighted by Crippen LogP contribution is 2.53. The fraction of sp³-hybridized carbons (Fsp3) is 0.238. The second-order valence-corrected chi connectivity index (χ2v) is 10.2. The molecular weight excluding hydrogens is 456 g/mol. The Morgan fingerprint density at radius 1 is 1.13 bits per heavy atom. The van der Waals surface area contributed by atoms with Gasteiger partial charge in [0, 0.05) is 15.7 Å². The van der Waals surface area contributed by atoms with E-state index in [9.17, 15) is 19.2 Å². The zero-order chi connectivity index (χ0) is 21.7. The van der Waals surface area contributed by atoms with Gasteiger partial charge < -0.3 is 9.72 Å². The van der Waals surface area contributed by atoms with Crippen LogP contribution in [0.3, 0.4) is 0 Å². The highest BCUT2D eigenvalue weighted by atomic mass is 32.2. The van der Waals surface area contributed by atoms with Gasteiger partial charge in [-0.25, -0.2) is 9.69 Å². The first-order chi connectivity index (χ1) is 15.0. The molecule has 3 atom stereocenters. The Labute approximate surface area is 189 Å². The molecule has 1 saturated heterocycles. The molecule has 0 aliphatic carbocycles. The van der Waals surface area contributed by atoms with Crippen molar-refractivity contribution in [2.45, 2.75) is 23.1 Å². The van der Waals surface area contributed by atoms with Crippen molar-refractivity contribution >= 4 is 57.9 Å². The van der Waals surface area contributed by atoms with Crippen LogP contribution in [0.5, 0.6) is 0 Å². The fourth-order valence-corrected chi connectivity index (χ4v) is 7.47. The Morgan fingerprint density at radius 3 is 2.58 bits per heavy atom. The molecule has 5 rings (SSSR count). The lowest BCUT2D eigenvalue weighted by molar-refractivity contribution is -0.122. The average Bonchev–Trinajstić information content (AvgIpc) is 3.46. The minimum atomic E-state index is -0.623. The van der Waals surface area contributed by atoms with Crippen molar-refractivity contribution in [3.63, 3.8) is 0 Å². The second kappa shape index (κ2) is 7.77. The summed E-state index contributed by atoms with van der Waals surface area (Å²) in [5.41, 5.74) is 0.771. The van der Waals surface area contributed by atoms with E-state index in [0.717, 1.165) is 21.1 Å². The molecule has 0 spiro atoms. The predicted molar refractivity (Wildman–Crippen MR) is 119 cm³/mol. The van der Waals surface area contributed by atoms with Crippen molar-refractivity contribution in [2.75, 3.05) is 11.5 Å². The van der Waals surface area contributed by atoms with Crippen molar-refractivity contribution in [3.8, 4) is 0 Å². The lowest BCUT2D eigenvalue weighted by Gasteiger charge is -2.28. The van der Waals surface area contributed by atoms with Crippen molar-refractivity contribution in [1.82, 2.24) is 4.98 Å². The Hall–Kier alpha value is -2.69. The van der Waals surface area contributed by atoms with E-state index in [0.29, 0.717) is 16.3 Å². The van der Waals surface area contributed by atoms with Gasteiger partial charge in [0.25, 0.3) is 0 Å². The quantitative estimate of drug-likeness (QED) is 0.461. The lowest BCUT2D eigenvalue weighted by Crippen LogP contribution is -2.32. The first kappa shape index (κ1) is 20.2. The molecule has 31 heavy (non-hydrogen) atoms. The van der Waals surface area contributed by atoms with Gasteiger partial charge in [0.15, 0.2) is 0 Å². The van der Waals surface area contributed by atoms with Crippen LogP contribution in [0, 0.1) is 5.92 Å². The van der Waals surface area contributed by atoms with Gasteiger partial charge in [-0.05, 0) is 42.6 Å². The molecule has 7 nitrogen and oxygen atoms in total. The molecule has 2 aliphatic heterocycles. The minimum absolute atomic E-state index is 0.190. The number of anilines is 1. The molecule has 2 amide bonds. The highest BCUT2D eigenvalue weighted by Gasteiger charge is 2.56. The summed E-state index contributed by atoms with van der Waals surface area (Å²) < 4.78 is 4.99. The van der Waals surface area contributed by atoms with Crippen molar-refractivity contribution in [3.05, 3.63) is 66.8 Å². The molecule has 158 valence electrons. The highest BCUT2D eigenvalue weighted by molar-refractivity contribution is 8.00. The number of imide groups is 1. The number of hydrogen-bond acceptors (Lipinski definition) is 8. The molecular formula is C21H16N2O5S3. The van der Waals surface area contributed by atoms with E-state index in [1.807, 2.05) is 17.5 Å². The molecule has 0 bridgehead atoms. The lowest BCUT2D eigenvalue weighted by atomic mass is 9.87. The molecule has 4 heterocycles. The summed E-state index contributed by atoms with van der Waals surface area (Å²) in [6, 6.07) is 10.1. The number of aromatic amines is 1. The number of rotatable bonds is 4. The molecule has 1 fully saturated rings. The molecule has 2 aliphatic rings. The van der Waals surface area contributed by atoms with Crippen LogP contribution in [0.25, 0.3) is 0 Å². The van der Waals surface area contributed by atoms with Gasteiger partial charge in [-0.2, -0.15) is 0 Å². The van der Waals surface area contributed by atoms with Crippen LogP contribution in [0.1, 0.15) is 33.0 Å². The number of hydrogen-bond donors (Lipinski definition) is 1. The number of benzene rings is 1. The fourth-order valence-electron chi connectivity index (χ4n) is 4.01. The van der Waals surface area contributed by atoms with Gasteiger partial charge in [0.2, 0.25) is 11.8 Å². The number of thiazole rings is 1. The summed E-state index contributed by atoms with van der Waals surface area (Å²) in [5, 5.41) is 1.96. The normalized spacial score (nSPS) is 22.4. The van der Waals surface area contributed by atoms with Crippen LogP contribution in [0.2, 0.25) is 0 Å². The topological polar surface area (TPSA) is 96.5 Å². The number of thiophene rings is 1. The van der Waals surface area contributed by atoms with E-state index in [4.69, 9.17) is 4.74 Å². The molecule has 10 heteroatoms. The minimum Gasteiger partial charge on any atom is -0.462 e. The largest absolute Gasteiger partial charge is 0.462 e. The van der Waals surface area contributed by atoms with Gasteiger partial charge in [-0.1, -0.05) is 29.2 Å². The standard InChI is InChI=1S/C21H16N2O5S3/c1-2-28-20(26)10-5-7-11(8-6-10)23-18(24)14-13(12-4-3-9-29-12)15-17(22-21(27)31-15)30-16(14)19(23)25/h3-9,13-14,16H,2H2,1H3,(H,22,27). The second-order valence-electron chi connectivity index (χ2n) is 7.04. The zero-order valence-corrected chi connectivity index (χ0v) is 18.6. The first-order valence-corrected chi connectivity index (χ1v) is 12.1. The van der Waals surface area contributed by atoms with E-state index in [2.05, 4.69) is 4.98 Å². The summed E-state index contributed by atoms with van der Waals surface area (Å²) in [6.07, 6.45) is 0. The van der Waals surface area contributed by atoms with E-state index < -0.39 is 17.1 Å². The number of amides is 2. The van der Waals surface area contributed by atoms with Crippen LogP contribution < -0.4 is 9.77 Å². The number of carbonyl (C=O) groups is 3. The number of nitrogens with zero attached hydrogens (tertiary/aromatic N) is 1. The number of thioether (sulfide) groups is 1. The van der Waals surface area contributed by atoms with Crippen LogP contribution in [0.15, 0.2) is 51.6 Å². The molecule has 1 aromatic carbocycles. The van der Waals surface area contributed by atoms with E-state index in [1.165, 1.54) is 28.0 Å². The third-order valence-corrected chi connectivity index (χ3v) is 8.67. The predicted octanol–water partition coefficient (Wildman–Crippen LogP) is 3.47. The average molecular weight is 473 g/mol. The van der Waals surface area contributed by atoms with Gasteiger partial charge in [-0.15, -0.1) is 11.3 Å². The number of H-pyrrole nitrogens is 1. The van der Waals surface area contributed by atoms with E-state index >= 15 is 0 Å². The molecule has 1 N–H and O–H groups in total. The molecule has 3 aromatic rings. The third-order valence-electron chi connectivity index (χ3n) is 5.31. The Bertz CT molecular complexity index is 1230. The number of fused-ring (bicyclic) bond motifs is 2. The number of nitrogens with one attached hydrogen (secondary N) is 1. The monoisotopic (exact) mass is 472 g/mol. The van der Waals surface area contributed by atoms with Crippen molar-refractivity contribution in [1.29, 1.82) is 0 Å². The van der Waals surface area contributed by atoms with Crippen molar-refractivity contribution in [2.24, 2.45) is 5.92 Å². The Balaban J connectivity index is 1.53. The maximum Gasteiger partial charge on any atom is 0.338 e. The maximum absolute atomic E-state index is 13.5. The molecule has 2 aromatic heterocycles. The van der Waals surface area contributed by atoms with Crippen LogP contribution in [-0.4, -0.2) is 34.6 Å². The van der Waals surface area contributed by atoms with Crippen LogP contribution >= 0.6 is 34.4 Å². The van der Waals surface area contributed by atoms with Gasteiger partial charge >= 0.3 is 10.8 Å². The molecule has 3 unspecified atom stereocenters. The summed E-state index contributed by atoms with van der Waals surface area (Å²) >= 11 is 3.85. The summed E-state index contributed by atoms with van der Waals surface area (Å²) in [5.74, 6) is -2.01. The first-order valence-electron chi connectivity index (χ1n) is 9.57. The Morgan fingerprint density at radius 2 is 1.90 bits per heavy atom. The number of carbonyl (C=O) groups excluding carboxylic acids is 3. The van der Waals surface area contributed by atoms with Crippen LogP contribution in [0.4, 0.5) is 5.69 Å². The van der Waals surface area contributed by atoms with E-state index in [-0.39, 0.29) is 29.2 Å². The smallest absolute Gasteiger partial charge is 0.338 e. The van der Waals surface area contributed by atoms with Crippen molar-refractivity contribution < 1.29 is 19.1 Å². The number of aromatic nitrogens is 1. The summed E-state index contributed by atoms with van der Waals surface area (Å²) in [7, 11) is 0. The zero-order valence-electron chi connectivity index (χ0n) is 16.2. The number of ether oxygens (including phenoxy) is 1. The summed E-state index contributed by atoms with van der Waals surface area (Å²) in [4.78, 5) is 56.3. The molecule has 0 saturated carbocycles. The van der Waals surface area contributed by atoms with Crippen LogP contribution in [-0.2, 0) is 14.3 Å². The van der Waals surface area contributed by atoms with Gasteiger partial charge in [-0.3, -0.25) is 14.4 Å². The van der Waals surface area contributed by atoms with Gasteiger partial charge in [0.05, 0.1) is 28.8 Å². The maximum atomic E-state index is 13.5. The Kier molecular flexibility index (Phi) is 5.07. The van der Waals surface area contributed by atoms with E-state index in [1.54, 1.807) is 31.2 Å². The van der Waals surface area contributed by atoms with Gasteiger partial charge in [0.1, 0.15) is 5.25 Å². The number of esters is 1. The third kappa shape index (κ3) is 3.26.